The molecule has 7 nitrogen and oxygen atoms in total. The predicted molar refractivity (Wildman–Crippen MR) is 122 cm³/mol. The number of ether oxygens (including phenoxy) is 1. The van der Waals surface area contributed by atoms with Crippen LogP contribution in [0.1, 0.15) is 37.6 Å². The maximum Gasteiger partial charge on any atom is 0.329 e. The first-order valence-corrected chi connectivity index (χ1v) is 11.0. The number of fused-ring (bicyclic) bond motifs is 1. The highest BCUT2D eigenvalue weighted by atomic mass is 35.5. The fraction of sp³-hybridized carbons (Fsp3) is 0.348. The summed E-state index contributed by atoms with van der Waals surface area (Å²) in [5, 5.41) is 12.3. The van der Waals surface area contributed by atoms with Crippen LogP contribution in [0, 0.1) is 0 Å². The zero-order valence-electron chi connectivity index (χ0n) is 17.6. The summed E-state index contributed by atoms with van der Waals surface area (Å²) in [6, 6.07) is 14.5. The van der Waals surface area contributed by atoms with E-state index in [0.717, 1.165) is 49.4 Å². The second-order valence-corrected chi connectivity index (χ2v) is 7.92. The number of amides is 2. The molecule has 4 rings (SSSR count). The summed E-state index contributed by atoms with van der Waals surface area (Å²) in [7, 11) is 0. The highest BCUT2D eigenvalue weighted by Gasteiger charge is 2.25. The summed E-state index contributed by atoms with van der Waals surface area (Å²) >= 11 is 5.97. The Morgan fingerprint density at radius 1 is 1.10 bits per heavy atom. The molecule has 31 heavy (non-hydrogen) atoms. The van der Waals surface area contributed by atoms with Crippen LogP contribution in [-0.2, 0) is 19.5 Å². The number of carbonyl (C=O) groups excluding carboxylic acids is 1. The molecule has 0 unspecified atom stereocenters. The number of hydrogen-bond donors (Lipinski definition) is 1. The van der Waals surface area contributed by atoms with Gasteiger partial charge in [0.05, 0.1) is 13.2 Å². The number of benzene rings is 2. The first-order chi connectivity index (χ1) is 15.1. The minimum absolute atomic E-state index is 0.268. The second kappa shape index (κ2) is 9.83. The van der Waals surface area contributed by atoms with Crippen molar-refractivity contribution in [3.63, 3.8) is 0 Å². The lowest BCUT2D eigenvalue weighted by atomic mass is 10.2. The summed E-state index contributed by atoms with van der Waals surface area (Å²) in [4.78, 5) is 15.0. The average Bonchev–Trinajstić information content (AvgIpc) is 3.02. The molecule has 0 spiro atoms. The molecule has 162 valence electrons. The highest BCUT2D eigenvalue weighted by Crippen LogP contribution is 2.24. The van der Waals surface area contributed by atoms with Crippen molar-refractivity contribution in [2.24, 2.45) is 0 Å². The van der Waals surface area contributed by atoms with Crippen LogP contribution in [0.4, 0.5) is 16.4 Å². The molecule has 0 aliphatic carbocycles. The van der Waals surface area contributed by atoms with E-state index >= 15 is 0 Å². The lowest BCUT2D eigenvalue weighted by Crippen LogP contribution is -2.36. The number of urea groups is 1. The first-order valence-electron chi connectivity index (χ1n) is 10.6. The molecule has 8 heteroatoms. The maximum absolute atomic E-state index is 13.3. The number of nitrogens with one attached hydrogen (secondary N) is 1. The van der Waals surface area contributed by atoms with Crippen molar-refractivity contribution in [2.45, 2.75) is 45.7 Å². The van der Waals surface area contributed by atoms with Crippen molar-refractivity contribution >= 4 is 29.3 Å². The molecule has 0 saturated carbocycles. The van der Waals surface area contributed by atoms with Crippen LogP contribution in [0.15, 0.2) is 48.5 Å². The Labute approximate surface area is 187 Å². The molecule has 0 fully saturated rings. The smallest absolute Gasteiger partial charge is 0.329 e. The van der Waals surface area contributed by atoms with Gasteiger partial charge >= 0.3 is 6.03 Å². The lowest BCUT2D eigenvalue weighted by Gasteiger charge is -2.23. The van der Waals surface area contributed by atoms with E-state index in [2.05, 4.69) is 20.1 Å². The Morgan fingerprint density at radius 3 is 2.61 bits per heavy atom. The maximum atomic E-state index is 13.3. The molecule has 1 aliphatic rings. The second-order valence-electron chi connectivity index (χ2n) is 7.48. The molecule has 1 N–H and O–H groups in total. The molecule has 0 atom stereocenters. The number of rotatable bonds is 6. The monoisotopic (exact) mass is 439 g/mol. The van der Waals surface area contributed by atoms with Crippen molar-refractivity contribution in [1.29, 1.82) is 0 Å². The molecule has 1 aromatic heterocycles. The van der Waals surface area contributed by atoms with Crippen LogP contribution in [0.2, 0.25) is 5.02 Å². The molecular weight excluding hydrogens is 414 g/mol. The van der Waals surface area contributed by atoms with Gasteiger partial charge in [-0.2, -0.15) is 0 Å². The van der Waals surface area contributed by atoms with E-state index in [1.807, 2.05) is 31.2 Å². The largest absolute Gasteiger partial charge is 0.494 e. The molecule has 3 aromatic rings. The van der Waals surface area contributed by atoms with Crippen LogP contribution in [-0.4, -0.2) is 27.4 Å². The van der Waals surface area contributed by atoms with E-state index in [9.17, 15) is 4.79 Å². The normalized spacial score (nSPS) is 13.2. The SMILES string of the molecule is CCOc1ccc(CN(C(=O)Nc2ccc(Cl)cc2)c2nnc3n2CCCCC3)cc1. The number of hydrogen-bond acceptors (Lipinski definition) is 4. The third kappa shape index (κ3) is 5.17. The molecule has 2 aromatic carbocycles. The molecule has 2 heterocycles. The van der Waals surface area contributed by atoms with Gasteiger partial charge in [0.1, 0.15) is 11.6 Å². The number of anilines is 2. The Kier molecular flexibility index (Phi) is 6.72. The molecule has 0 radical (unpaired) electrons. The predicted octanol–water partition coefficient (Wildman–Crippen LogP) is 5.30. The van der Waals surface area contributed by atoms with Crippen LogP contribution < -0.4 is 15.0 Å². The van der Waals surface area contributed by atoms with Gasteiger partial charge in [0.2, 0.25) is 5.95 Å². The van der Waals surface area contributed by atoms with E-state index < -0.39 is 0 Å². The van der Waals surface area contributed by atoms with Gasteiger partial charge in [0.25, 0.3) is 0 Å². The number of carbonyl (C=O) groups is 1. The zero-order chi connectivity index (χ0) is 21.6. The van der Waals surface area contributed by atoms with Crippen molar-refractivity contribution in [2.75, 3.05) is 16.8 Å². The van der Waals surface area contributed by atoms with Gasteiger partial charge in [0, 0.05) is 23.7 Å². The number of aromatic nitrogens is 3. The Morgan fingerprint density at radius 2 is 1.87 bits per heavy atom. The van der Waals surface area contributed by atoms with Crippen LogP contribution in [0.25, 0.3) is 0 Å². The van der Waals surface area contributed by atoms with Gasteiger partial charge in [-0.05, 0) is 61.7 Å². The summed E-state index contributed by atoms with van der Waals surface area (Å²) in [6.07, 6.45) is 4.17. The van der Waals surface area contributed by atoms with E-state index in [0.29, 0.717) is 29.8 Å². The van der Waals surface area contributed by atoms with Gasteiger partial charge in [-0.3, -0.25) is 9.47 Å². The van der Waals surface area contributed by atoms with Gasteiger partial charge < -0.3 is 10.1 Å². The average molecular weight is 440 g/mol. The lowest BCUT2D eigenvalue weighted by molar-refractivity contribution is 0.256. The van der Waals surface area contributed by atoms with Crippen molar-refractivity contribution in [1.82, 2.24) is 14.8 Å². The van der Waals surface area contributed by atoms with E-state index in [1.165, 1.54) is 0 Å². The molecule has 1 aliphatic heterocycles. The zero-order valence-corrected chi connectivity index (χ0v) is 18.3. The third-order valence-corrected chi connectivity index (χ3v) is 5.50. The van der Waals surface area contributed by atoms with Gasteiger partial charge in [-0.25, -0.2) is 4.79 Å². The van der Waals surface area contributed by atoms with E-state index in [-0.39, 0.29) is 6.03 Å². The standard InChI is InChI=1S/C23H26ClN5O2/c1-2-31-20-13-7-17(8-14-20)16-29(23(30)25-19-11-9-18(24)10-12-19)22-27-26-21-6-4-3-5-15-28(21)22/h7-14H,2-6,15-16H2,1H3,(H,25,30). The summed E-state index contributed by atoms with van der Waals surface area (Å²) < 4.78 is 7.60. The summed E-state index contributed by atoms with van der Waals surface area (Å²) in [5.74, 6) is 2.31. The minimum Gasteiger partial charge on any atom is -0.494 e. The Balaban J connectivity index is 1.62. The third-order valence-electron chi connectivity index (χ3n) is 5.25. The minimum atomic E-state index is -0.268. The van der Waals surface area contributed by atoms with Crippen LogP contribution in [0.5, 0.6) is 5.75 Å². The van der Waals surface area contributed by atoms with Crippen molar-refractivity contribution < 1.29 is 9.53 Å². The summed E-state index contributed by atoms with van der Waals surface area (Å²) in [5.41, 5.74) is 1.64. The molecule has 0 saturated heterocycles. The van der Waals surface area contributed by atoms with Crippen molar-refractivity contribution in [3.05, 3.63) is 64.9 Å². The van der Waals surface area contributed by atoms with Gasteiger partial charge in [0.15, 0.2) is 0 Å². The van der Waals surface area contributed by atoms with E-state index in [4.69, 9.17) is 16.3 Å². The molecule has 0 bridgehead atoms. The van der Waals surface area contributed by atoms with Gasteiger partial charge in [-0.1, -0.05) is 30.2 Å². The number of halogens is 1. The van der Waals surface area contributed by atoms with E-state index in [1.54, 1.807) is 29.2 Å². The number of aryl methyl sites for hydroxylation is 1. The fourth-order valence-electron chi connectivity index (χ4n) is 3.67. The molecular formula is C23H26ClN5O2. The van der Waals surface area contributed by atoms with Crippen LogP contribution >= 0.6 is 11.6 Å². The fourth-order valence-corrected chi connectivity index (χ4v) is 3.79. The highest BCUT2D eigenvalue weighted by molar-refractivity contribution is 6.30. The van der Waals surface area contributed by atoms with Crippen molar-refractivity contribution in [3.8, 4) is 5.75 Å². The summed E-state index contributed by atoms with van der Waals surface area (Å²) in [6.45, 7) is 3.74. The number of nitrogens with zero attached hydrogens (tertiary/aromatic N) is 4. The Hall–Kier alpha value is -3.06. The van der Waals surface area contributed by atoms with Crippen LogP contribution in [0.3, 0.4) is 0 Å². The molecule has 2 amide bonds. The van der Waals surface area contributed by atoms with Gasteiger partial charge in [-0.15, -0.1) is 10.2 Å². The first kappa shape index (κ1) is 21.2. The topological polar surface area (TPSA) is 72.3 Å². The quantitative estimate of drug-likeness (QED) is 0.566. The Bertz CT molecular complexity index is 1020.